The van der Waals surface area contributed by atoms with E-state index in [1.807, 2.05) is 21.3 Å². The number of imidazole rings is 1. The molecule has 46 nitrogen and oxygen atoms in total. The van der Waals surface area contributed by atoms with Gasteiger partial charge in [-0.2, -0.15) is 0 Å². The van der Waals surface area contributed by atoms with Crippen molar-refractivity contribution in [1.82, 2.24) is 84.0 Å². The first-order valence-corrected chi connectivity index (χ1v) is 38.6. The molecule has 1 aromatic heterocycles. The number of aromatic amines is 1. The average molecular weight is 1680 g/mol. The SMILES string of the molecule is CC(C)C[C@H](NC(=O)[C@H](CCCCN)NC(=O)[C@@H](NC(=O)CNC(=O)[C@H](CCCCN)NC(=O)[C@H](CC(C)C)NC(=O)[C@@H](NC(=O)[C@@H]1CCCN1C(=O)[C@H](CCC(=O)O)NC(=O)[C@H](CO)NC(=O)[C@H](CC(=O)O)NC(=O)[C@H](CC(=O)O)NC(=O)[C@H](CCC(=O)O)NC(=O)[C@@H](N)CC(=O)O)C(C)C)C(C)C)C(=O)N[C@@H](Cc1cnc[nH]1)C(=O)O. The predicted molar refractivity (Wildman–Crippen MR) is 411 cm³/mol. The van der Waals surface area contributed by atoms with Gasteiger partial charge in [0.2, 0.25) is 82.7 Å². The second-order valence-corrected chi connectivity index (χ2v) is 29.9. The molecule has 0 unspecified atom stereocenters. The Morgan fingerprint density at radius 2 is 0.839 bits per heavy atom. The Hall–Kier alpha value is -11.5. The monoisotopic (exact) mass is 1680 g/mol. The molecule has 14 atom stereocenters. The lowest BCUT2D eigenvalue weighted by molar-refractivity contribution is -0.144. The van der Waals surface area contributed by atoms with E-state index in [9.17, 15) is 127 Å². The second-order valence-electron chi connectivity index (χ2n) is 29.9. The molecule has 0 spiro atoms. The number of likely N-dealkylation sites (tertiary alicyclic amines) is 1. The Morgan fingerprint density at radius 3 is 1.28 bits per heavy atom. The lowest BCUT2D eigenvalue weighted by atomic mass is 9.99. The standard InChI is InChI=1S/C72H117N19O27/c1-34(2)24-44(64(109)87-48(72(117)118)26-38-30-76-33-78-38)83-61(106)41(15-10-12-22-74)81-69(114)57(36(5)6)89-51(93)31-77-60(105)40(14-9-11-21-73)80-63(108)45(25-35(3)4)86-70(115)58(37(7)8)90-68(113)50-16-13-23-91(50)71(116)43(18-20-53(96)97)82-67(112)49(32-92)88-66(111)47(29-56(102)103)85-65(110)46(28-55(100)101)84-62(107)42(17-19-52(94)95)79-59(104)39(75)27-54(98)99/h30,33-37,39-50,57-58,92H,9-29,31-32,73-75H2,1-8H3,(H,76,78)(H,77,105)(H,79,104)(H,80,108)(H,81,114)(H,82,112)(H,83,106)(H,84,107)(H,85,110)(H,86,115)(H,87,109)(H,88,111)(H,89,93)(H,90,113)(H,94,95)(H,96,97)(H,98,99)(H,100,101)(H,102,103)(H,117,118)/t39-,40-,41-,42-,43-,44-,45-,46-,47-,48-,49-,50-,57-,58-/m0/s1. The fourth-order valence-electron chi connectivity index (χ4n) is 12.1. The van der Waals surface area contributed by atoms with Crippen LogP contribution < -0.4 is 86.3 Å². The summed E-state index contributed by atoms with van der Waals surface area (Å²) < 4.78 is 0. The minimum Gasteiger partial charge on any atom is -0.481 e. The van der Waals surface area contributed by atoms with E-state index >= 15 is 0 Å². The molecule has 2 heterocycles. The number of amides is 14. The molecule has 0 bridgehead atoms. The first-order valence-electron chi connectivity index (χ1n) is 38.6. The zero-order chi connectivity index (χ0) is 89.4. The van der Waals surface area contributed by atoms with Gasteiger partial charge in [-0.3, -0.25) is 91.1 Å². The van der Waals surface area contributed by atoms with Crippen molar-refractivity contribution in [2.24, 2.45) is 40.9 Å². The van der Waals surface area contributed by atoms with E-state index in [1.165, 1.54) is 26.4 Å². The van der Waals surface area contributed by atoms with E-state index in [-0.39, 0.29) is 82.8 Å². The zero-order valence-electron chi connectivity index (χ0n) is 67.2. The first kappa shape index (κ1) is 103. The smallest absolute Gasteiger partial charge is 0.326 e. The van der Waals surface area contributed by atoms with Crippen LogP contribution in [0.5, 0.6) is 0 Å². The summed E-state index contributed by atoms with van der Waals surface area (Å²) in [5.74, 6) is -26.7. The molecule has 0 aromatic carbocycles. The maximum atomic E-state index is 14.5. The van der Waals surface area contributed by atoms with Gasteiger partial charge in [0.05, 0.1) is 44.8 Å². The molecule has 1 aliphatic heterocycles. The van der Waals surface area contributed by atoms with Crippen LogP contribution in [-0.2, 0) is 102 Å². The number of rotatable bonds is 57. The maximum Gasteiger partial charge on any atom is 0.326 e. The maximum absolute atomic E-state index is 14.5. The number of aromatic nitrogens is 2. The summed E-state index contributed by atoms with van der Waals surface area (Å²) in [4.78, 5) is 273. The van der Waals surface area contributed by atoms with Crippen LogP contribution in [0.1, 0.15) is 170 Å². The molecule has 0 radical (unpaired) electrons. The number of carbonyl (C=O) groups is 20. The van der Waals surface area contributed by atoms with Gasteiger partial charge in [-0.25, -0.2) is 9.78 Å². The predicted octanol–water partition coefficient (Wildman–Crippen LogP) is -6.90. The number of hydrogen-bond acceptors (Lipinski definition) is 25. The number of carboxylic acids is 6. The summed E-state index contributed by atoms with van der Waals surface area (Å²) in [5, 5.41) is 98.3. The molecule has 1 fully saturated rings. The zero-order valence-corrected chi connectivity index (χ0v) is 67.2. The highest BCUT2D eigenvalue weighted by Gasteiger charge is 2.43. The number of H-pyrrole nitrogens is 1. The minimum atomic E-state index is -2.29. The quantitative estimate of drug-likeness (QED) is 0.0270. The molecule has 1 aliphatic rings. The van der Waals surface area contributed by atoms with Crippen LogP contribution in [0.4, 0.5) is 0 Å². The van der Waals surface area contributed by atoms with Crippen molar-refractivity contribution in [2.45, 2.75) is 256 Å². The van der Waals surface area contributed by atoms with E-state index in [1.54, 1.807) is 41.5 Å². The summed E-state index contributed by atoms with van der Waals surface area (Å²) in [6, 6.07) is -23.2. The number of aliphatic hydroxyl groups is 1. The number of nitrogens with zero attached hydrogens (tertiary/aromatic N) is 2. The molecular formula is C72H117N19O27. The molecule has 14 amide bonds. The third-order valence-electron chi connectivity index (χ3n) is 18.3. The van der Waals surface area contributed by atoms with Gasteiger partial charge in [0.25, 0.3) is 0 Å². The third kappa shape index (κ3) is 37.6. The second kappa shape index (κ2) is 52.2. The van der Waals surface area contributed by atoms with Crippen LogP contribution in [0.15, 0.2) is 12.5 Å². The van der Waals surface area contributed by atoms with E-state index in [0.717, 1.165) is 4.90 Å². The molecule has 662 valence electrons. The van der Waals surface area contributed by atoms with Crippen LogP contribution in [0.3, 0.4) is 0 Å². The Kier molecular flexibility index (Phi) is 45.4. The molecular weight excluding hydrogens is 1560 g/mol. The highest BCUT2D eigenvalue weighted by molar-refractivity contribution is 6.01. The normalized spacial score (nSPS) is 15.8. The minimum absolute atomic E-state index is 0.0322. The number of hydrogen-bond donors (Lipinski definition) is 24. The van der Waals surface area contributed by atoms with E-state index in [4.69, 9.17) is 22.3 Å². The van der Waals surface area contributed by atoms with Crippen molar-refractivity contribution in [3.05, 3.63) is 18.2 Å². The van der Waals surface area contributed by atoms with Gasteiger partial charge in [-0.15, -0.1) is 0 Å². The molecule has 118 heavy (non-hydrogen) atoms. The summed E-state index contributed by atoms with van der Waals surface area (Å²) in [7, 11) is 0. The van der Waals surface area contributed by atoms with Crippen molar-refractivity contribution in [3.8, 4) is 0 Å². The molecule has 27 N–H and O–H groups in total. The number of nitrogens with two attached hydrogens (primary N) is 3. The van der Waals surface area contributed by atoms with E-state index < -0.39 is 273 Å². The molecule has 0 saturated carbocycles. The summed E-state index contributed by atoms with van der Waals surface area (Å²) in [6.45, 7) is 11.4. The van der Waals surface area contributed by atoms with Crippen LogP contribution in [0.25, 0.3) is 0 Å². The fraction of sp³-hybridized carbons (Fsp3) is 0.681. The van der Waals surface area contributed by atoms with Crippen molar-refractivity contribution in [1.29, 1.82) is 0 Å². The number of nitrogens with one attached hydrogen (secondary N) is 14. The van der Waals surface area contributed by atoms with Crippen LogP contribution in [0.2, 0.25) is 0 Å². The lowest BCUT2D eigenvalue weighted by Crippen LogP contribution is -2.61. The summed E-state index contributed by atoms with van der Waals surface area (Å²) in [5.41, 5.74) is 17.5. The average Bonchev–Trinajstić information content (AvgIpc) is 1.63. The van der Waals surface area contributed by atoms with Crippen molar-refractivity contribution < 1.29 is 132 Å². The molecule has 1 saturated heterocycles. The van der Waals surface area contributed by atoms with E-state index in [2.05, 4.69) is 57.8 Å². The molecule has 1 aromatic rings. The van der Waals surface area contributed by atoms with Gasteiger partial charge in [-0.1, -0.05) is 55.4 Å². The van der Waals surface area contributed by atoms with Crippen LogP contribution >= 0.6 is 0 Å². The van der Waals surface area contributed by atoms with Crippen LogP contribution in [0, 0.1) is 23.7 Å². The van der Waals surface area contributed by atoms with E-state index in [0.29, 0.717) is 25.0 Å². The molecule has 46 heteroatoms. The fourth-order valence-corrected chi connectivity index (χ4v) is 12.1. The number of carbonyl (C=O) groups excluding carboxylic acids is 14. The summed E-state index contributed by atoms with van der Waals surface area (Å²) >= 11 is 0. The topological polar surface area (TPSA) is 749 Å². The van der Waals surface area contributed by atoms with Crippen molar-refractivity contribution >= 4 is 119 Å². The number of unbranched alkanes of at least 4 members (excludes halogenated alkanes) is 2. The number of aliphatic hydroxyl groups excluding tert-OH is 1. The van der Waals surface area contributed by atoms with Crippen LogP contribution in [-0.4, -0.2) is 287 Å². The van der Waals surface area contributed by atoms with Gasteiger partial charge in [0, 0.05) is 37.7 Å². The van der Waals surface area contributed by atoms with Gasteiger partial charge in [0.15, 0.2) is 0 Å². The van der Waals surface area contributed by atoms with Crippen molar-refractivity contribution in [2.75, 3.05) is 32.8 Å². The Labute approximate surface area is 679 Å². The molecule has 0 aliphatic carbocycles. The number of carboxylic acid groups (broad SMARTS) is 6. The largest absolute Gasteiger partial charge is 0.481 e. The number of aliphatic carboxylic acids is 6. The van der Waals surface area contributed by atoms with Crippen molar-refractivity contribution in [3.63, 3.8) is 0 Å². The van der Waals surface area contributed by atoms with Gasteiger partial charge < -0.3 is 132 Å². The molecule has 2 rings (SSSR count). The van der Waals surface area contributed by atoms with Gasteiger partial charge >= 0.3 is 35.8 Å². The first-order chi connectivity index (χ1) is 55.3. The Balaban J connectivity index is 2.36. The highest BCUT2D eigenvalue weighted by atomic mass is 16.4. The van der Waals surface area contributed by atoms with Gasteiger partial charge in [0.1, 0.15) is 78.5 Å². The Bertz CT molecular complexity index is 3640. The Morgan fingerprint density at radius 1 is 0.449 bits per heavy atom. The lowest BCUT2D eigenvalue weighted by Gasteiger charge is -2.31. The summed E-state index contributed by atoms with van der Waals surface area (Å²) in [6.07, 6.45) is -2.66. The third-order valence-corrected chi connectivity index (χ3v) is 18.3. The van der Waals surface area contributed by atoms with Gasteiger partial charge in [-0.05, 0) is 114 Å². The highest BCUT2D eigenvalue weighted by Crippen LogP contribution is 2.22.